The van der Waals surface area contributed by atoms with Gasteiger partial charge in [-0.2, -0.15) is 0 Å². The van der Waals surface area contributed by atoms with Crippen molar-refractivity contribution in [2.45, 2.75) is 19.1 Å². The molecular formula is C5H12ClNO3. The predicted octanol–water partition coefficient (Wildman–Crippen LogP) is -0.361. The van der Waals surface area contributed by atoms with Crippen LogP contribution in [0.2, 0.25) is 0 Å². The Morgan fingerprint density at radius 1 is 1.80 bits per heavy atom. The molecule has 0 heterocycles. The number of esters is 1. The third-order valence-electron chi connectivity index (χ3n) is 0.872. The first kappa shape index (κ1) is 12.4. The van der Waals surface area contributed by atoms with E-state index in [4.69, 9.17) is 10.8 Å². The van der Waals surface area contributed by atoms with Crippen LogP contribution in [0.15, 0.2) is 0 Å². The summed E-state index contributed by atoms with van der Waals surface area (Å²) in [6, 6.07) is 0. The molecule has 1 unspecified atom stereocenters. The number of aliphatic hydroxyl groups is 1. The van der Waals surface area contributed by atoms with E-state index in [-0.39, 0.29) is 31.2 Å². The Morgan fingerprint density at radius 2 is 2.30 bits per heavy atom. The molecule has 4 nitrogen and oxygen atoms in total. The molecule has 5 heteroatoms. The number of nitrogens with two attached hydrogens (primary N) is 1. The fourth-order valence-corrected chi connectivity index (χ4v) is 0.368. The third kappa shape index (κ3) is 7.68. The molecule has 0 fully saturated rings. The zero-order valence-corrected chi connectivity index (χ0v) is 6.56. The molecule has 0 aliphatic heterocycles. The van der Waals surface area contributed by atoms with E-state index in [1.807, 2.05) is 0 Å². The Morgan fingerprint density at radius 3 is 2.60 bits per heavy atom. The maximum atomic E-state index is 10.3. The van der Waals surface area contributed by atoms with Crippen molar-refractivity contribution >= 4 is 18.4 Å². The summed E-state index contributed by atoms with van der Waals surface area (Å²) in [4.78, 5) is 10.3. The highest BCUT2D eigenvalue weighted by atomic mass is 35.5. The summed E-state index contributed by atoms with van der Waals surface area (Å²) in [5.41, 5.74) is 4.94. The largest absolute Gasteiger partial charge is 0.469 e. The average molecular weight is 170 g/mol. The number of hydrogen-bond donors (Lipinski definition) is 2. The highest BCUT2D eigenvalue weighted by Crippen LogP contribution is 1.92. The topological polar surface area (TPSA) is 72.5 Å². The second kappa shape index (κ2) is 6.80. The lowest BCUT2D eigenvalue weighted by Gasteiger charge is -2.00. The minimum atomic E-state index is -0.913. The number of halogens is 1. The lowest BCUT2D eigenvalue weighted by molar-refractivity contribution is -0.141. The van der Waals surface area contributed by atoms with Crippen LogP contribution < -0.4 is 5.73 Å². The number of ether oxygens (including phenoxy) is 1. The minimum Gasteiger partial charge on any atom is -0.469 e. The van der Waals surface area contributed by atoms with Crippen molar-refractivity contribution in [2.24, 2.45) is 5.73 Å². The summed E-state index contributed by atoms with van der Waals surface area (Å²) in [7, 11) is 1.30. The van der Waals surface area contributed by atoms with Crippen molar-refractivity contribution in [3.8, 4) is 0 Å². The fraction of sp³-hybridized carbons (Fsp3) is 0.800. The molecule has 0 aliphatic rings. The van der Waals surface area contributed by atoms with Crippen LogP contribution in [0.1, 0.15) is 12.8 Å². The number of hydrogen-bond acceptors (Lipinski definition) is 4. The summed E-state index contributed by atoms with van der Waals surface area (Å²) < 4.78 is 4.30. The molecule has 0 rings (SSSR count). The number of carbonyl (C=O) groups is 1. The Kier molecular flexibility index (Phi) is 8.40. The van der Waals surface area contributed by atoms with E-state index in [0.29, 0.717) is 0 Å². The van der Waals surface area contributed by atoms with E-state index in [1.165, 1.54) is 7.11 Å². The quantitative estimate of drug-likeness (QED) is 0.447. The van der Waals surface area contributed by atoms with Gasteiger partial charge in [0.1, 0.15) is 6.23 Å². The van der Waals surface area contributed by atoms with Crippen LogP contribution in [-0.4, -0.2) is 24.4 Å². The number of methoxy groups -OCH3 is 1. The van der Waals surface area contributed by atoms with Crippen molar-refractivity contribution in [1.82, 2.24) is 0 Å². The van der Waals surface area contributed by atoms with Crippen LogP contribution in [0.25, 0.3) is 0 Å². The molecule has 0 saturated carbocycles. The third-order valence-corrected chi connectivity index (χ3v) is 0.872. The second-order valence-electron chi connectivity index (χ2n) is 1.68. The highest BCUT2D eigenvalue weighted by molar-refractivity contribution is 5.85. The molecule has 0 saturated heterocycles. The van der Waals surface area contributed by atoms with Crippen LogP contribution >= 0.6 is 12.4 Å². The average Bonchev–Trinajstić information content (AvgIpc) is 1.83. The van der Waals surface area contributed by atoms with E-state index in [9.17, 15) is 4.79 Å². The van der Waals surface area contributed by atoms with E-state index < -0.39 is 6.23 Å². The Balaban J connectivity index is 0. The predicted molar refractivity (Wildman–Crippen MR) is 38.7 cm³/mol. The fourth-order valence-electron chi connectivity index (χ4n) is 0.368. The molecule has 0 spiro atoms. The van der Waals surface area contributed by atoms with Crippen molar-refractivity contribution in [1.29, 1.82) is 0 Å². The minimum absolute atomic E-state index is 0. The van der Waals surface area contributed by atoms with Gasteiger partial charge in [-0.15, -0.1) is 12.4 Å². The Hall–Kier alpha value is -0.320. The van der Waals surface area contributed by atoms with Crippen LogP contribution in [-0.2, 0) is 9.53 Å². The van der Waals surface area contributed by atoms with Crippen molar-refractivity contribution in [3.05, 3.63) is 0 Å². The first-order chi connectivity index (χ1) is 4.16. The standard InChI is InChI=1S/C5H11NO3.ClH/c1-9-5(8)3-2-4(6)7;/h4,7H,2-3,6H2,1H3;1H. The van der Waals surface area contributed by atoms with Crippen LogP contribution in [0.4, 0.5) is 0 Å². The van der Waals surface area contributed by atoms with Crippen LogP contribution in [0.3, 0.4) is 0 Å². The van der Waals surface area contributed by atoms with Gasteiger partial charge in [-0.25, -0.2) is 0 Å². The zero-order valence-electron chi connectivity index (χ0n) is 5.74. The molecule has 1 atom stereocenters. The van der Waals surface area contributed by atoms with Gasteiger partial charge in [-0.3, -0.25) is 4.79 Å². The summed E-state index contributed by atoms with van der Waals surface area (Å²) in [6.45, 7) is 0. The van der Waals surface area contributed by atoms with E-state index in [1.54, 1.807) is 0 Å². The normalized spacial score (nSPS) is 11.5. The highest BCUT2D eigenvalue weighted by Gasteiger charge is 2.02. The lowest BCUT2D eigenvalue weighted by Crippen LogP contribution is -2.19. The van der Waals surface area contributed by atoms with E-state index in [2.05, 4.69) is 4.74 Å². The Labute approximate surface area is 65.8 Å². The molecular weight excluding hydrogens is 158 g/mol. The second-order valence-corrected chi connectivity index (χ2v) is 1.68. The molecule has 0 aromatic rings. The molecule has 0 bridgehead atoms. The molecule has 0 aliphatic carbocycles. The molecule has 62 valence electrons. The first-order valence-electron chi connectivity index (χ1n) is 2.67. The molecule has 0 aromatic heterocycles. The van der Waals surface area contributed by atoms with Gasteiger partial charge in [-0.05, 0) is 6.42 Å². The van der Waals surface area contributed by atoms with Gasteiger partial charge < -0.3 is 15.6 Å². The van der Waals surface area contributed by atoms with Crippen molar-refractivity contribution < 1.29 is 14.6 Å². The number of rotatable bonds is 3. The van der Waals surface area contributed by atoms with Crippen molar-refractivity contribution in [2.75, 3.05) is 7.11 Å². The van der Waals surface area contributed by atoms with Crippen molar-refractivity contribution in [3.63, 3.8) is 0 Å². The monoisotopic (exact) mass is 169 g/mol. The summed E-state index contributed by atoms with van der Waals surface area (Å²) in [6.07, 6.45) is -0.481. The van der Waals surface area contributed by atoms with Crippen LogP contribution in [0.5, 0.6) is 0 Å². The summed E-state index contributed by atoms with van der Waals surface area (Å²) >= 11 is 0. The lowest BCUT2D eigenvalue weighted by atomic mass is 10.3. The maximum Gasteiger partial charge on any atom is 0.305 e. The van der Waals surface area contributed by atoms with Gasteiger partial charge in [0.15, 0.2) is 0 Å². The van der Waals surface area contributed by atoms with Crippen LogP contribution in [0, 0.1) is 0 Å². The number of aliphatic hydroxyl groups excluding tert-OH is 1. The Bertz CT molecular complexity index is 96.9. The van der Waals surface area contributed by atoms with Gasteiger partial charge in [0.25, 0.3) is 0 Å². The molecule has 0 aromatic carbocycles. The van der Waals surface area contributed by atoms with Gasteiger partial charge >= 0.3 is 5.97 Å². The molecule has 0 amide bonds. The van der Waals surface area contributed by atoms with Gasteiger partial charge in [0, 0.05) is 6.42 Å². The molecule has 10 heavy (non-hydrogen) atoms. The van der Waals surface area contributed by atoms with Gasteiger partial charge in [0.2, 0.25) is 0 Å². The van der Waals surface area contributed by atoms with Gasteiger partial charge in [-0.1, -0.05) is 0 Å². The smallest absolute Gasteiger partial charge is 0.305 e. The van der Waals surface area contributed by atoms with Gasteiger partial charge in [0.05, 0.1) is 7.11 Å². The first-order valence-corrected chi connectivity index (χ1v) is 2.67. The van der Waals surface area contributed by atoms with E-state index >= 15 is 0 Å². The maximum absolute atomic E-state index is 10.3. The SMILES string of the molecule is COC(=O)CCC(N)O.Cl. The molecule has 3 N–H and O–H groups in total. The molecule has 0 radical (unpaired) electrons. The zero-order chi connectivity index (χ0) is 7.28. The van der Waals surface area contributed by atoms with E-state index in [0.717, 1.165) is 0 Å². The number of carbonyl (C=O) groups excluding carboxylic acids is 1. The summed E-state index contributed by atoms with van der Waals surface area (Å²) in [5.74, 6) is -0.348. The summed E-state index contributed by atoms with van der Waals surface area (Å²) in [5, 5.41) is 8.47.